The molecule has 0 radical (unpaired) electrons. The van der Waals surface area contributed by atoms with Crippen LogP contribution in [-0.4, -0.2) is 24.0 Å². The maximum atomic E-state index is 9.35. The molecule has 98 valence electrons. The number of hydrogen-bond donors (Lipinski definition) is 2. The molecule has 2 N–H and O–H groups in total. The highest BCUT2D eigenvalue weighted by Gasteiger charge is 2.28. The molecule has 1 aliphatic carbocycles. The molecule has 0 bridgehead atoms. The fraction of sp³-hybridized carbons (Fsp3) is 0.600. The van der Waals surface area contributed by atoms with Crippen LogP contribution in [0.25, 0.3) is 0 Å². The van der Waals surface area contributed by atoms with E-state index < -0.39 is 0 Å². The second-order valence-corrected chi connectivity index (χ2v) is 6.51. The van der Waals surface area contributed by atoms with Gasteiger partial charge in [-0.15, -0.1) is 11.8 Å². The number of nitrogens with one attached hydrogen (secondary N) is 1. The first-order chi connectivity index (χ1) is 8.88. The van der Waals surface area contributed by atoms with Crippen LogP contribution in [0.15, 0.2) is 29.2 Å². The van der Waals surface area contributed by atoms with Gasteiger partial charge in [0.2, 0.25) is 0 Å². The largest absolute Gasteiger partial charge is 0.396 e. The van der Waals surface area contributed by atoms with Crippen molar-refractivity contribution < 1.29 is 5.11 Å². The minimum atomic E-state index is 0.363. The fourth-order valence-corrected chi connectivity index (χ4v) is 4.44. The van der Waals surface area contributed by atoms with Crippen LogP contribution in [0.1, 0.15) is 30.9 Å². The molecular weight excluding hydrogens is 242 g/mol. The molecule has 0 saturated heterocycles. The van der Waals surface area contributed by atoms with Gasteiger partial charge in [0, 0.05) is 23.3 Å². The van der Waals surface area contributed by atoms with E-state index in [-0.39, 0.29) is 0 Å². The Morgan fingerprint density at radius 2 is 2.06 bits per heavy atom. The van der Waals surface area contributed by atoms with Crippen molar-refractivity contribution in [3.8, 4) is 0 Å². The maximum Gasteiger partial charge on any atom is 0.0462 e. The summed E-state index contributed by atoms with van der Waals surface area (Å²) in [6, 6.07) is 9.21. The number of benzene rings is 1. The summed E-state index contributed by atoms with van der Waals surface area (Å²) < 4.78 is 0. The first kappa shape index (κ1) is 12.5. The van der Waals surface area contributed by atoms with Crippen molar-refractivity contribution in [3.05, 3.63) is 29.8 Å². The highest BCUT2D eigenvalue weighted by molar-refractivity contribution is 7.99. The molecule has 1 fully saturated rings. The van der Waals surface area contributed by atoms with Crippen LogP contribution in [-0.2, 0) is 0 Å². The zero-order chi connectivity index (χ0) is 12.4. The number of aliphatic hydroxyl groups is 1. The minimum Gasteiger partial charge on any atom is -0.396 e. The third kappa shape index (κ3) is 2.44. The maximum absolute atomic E-state index is 9.35. The first-order valence-electron chi connectivity index (χ1n) is 6.94. The Labute approximate surface area is 113 Å². The second kappa shape index (κ2) is 5.64. The van der Waals surface area contributed by atoms with Gasteiger partial charge in [0.15, 0.2) is 0 Å². The Bertz CT molecular complexity index is 409. The zero-order valence-electron chi connectivity index (χ0n) is 10.6. The van der Waals surface area contributed by atoms with Crippen molar-refractivity contribution >= 4 is 11.8 Å². The highest BCUT2D eigenvalue weighted by atomic mass is 32.2. The molecule has 1 aromatic carbocycles. The lowest BCUT2D eigenvalue weighted by Crippen LogP contribution is -2.30. The first-order valence-corrected chi connectivity index (χ1v) is 7.93. The van der Waals surface area contributed by atoms with E-state index in [9.17, 15) is 5.11 Å². The van der Waals surface area contributed by atoms with Gasteiger partial charge in [-0.2, -0.15) is 0 Å². The predicted molar refractivity (Wildman–Crippen MR) is 75.8 cm³/mol. The summed E-state index contributed by atoms with van der Waals surface area (Å²) in [5.74, 6) is 2.35. The Morgan fingerprint density at radius 1 is 1.22 bits per heavy atom. The van der Waals surface area contributed by atoms with Crippen LogP contribution in [0, 0.1) is 11.8 Å². The van der Waals surface area contributed by atoms with Crippen molar-refractivity contribution in [1.82, 2.24) is 5.32 Å². The average molecular weight is 263 g/mol. The van der Waals surface area contributed by atoms with Crippen molar-refractivity contribution in [2.24, 2.45) is 11.8 Å². The van der Waals surface area contributed by atoms with Crippen LogP contribution in [0.3, 0.4) is 0 Å². The molecule has 3 heteroatoms. The Kier molecular flexibility index (Phi) is 3.92. The summed E-state index contributed by atoms with van der Waals surface area (Å²) >= 11 is 1.95. The molecule has 2 nitrogen and oxygen atoms in total. The lowest BCUT2D eigenvalue weighted by atomic mass is 9.96. The molecule has 2 aliphatic rings. The highest BCUT2D eigenvalue weighted by Crippen LogP contribution is 2.38. The molecule has 18 heavy (non-hydrogen) atoms. The van der Waals surface area contributed by atoms with Crippen molar-refractivity contribution in [2.45, 2.75) is 30.2 Å². The van der Waals surface area contributed by atoms with Crippen LogP contribution in [0.4, 0.5) is 0 Å². The molecule has 0 amide bonds. The van der Waals surface area contributed by atoms with Crippen LogP contribution < -0.4 is 5.32 Å². The topological polar surface area (TPSA) is 32.3 Å². The van der Waals surface area contributed by atoms with E-state index in [1.54, 1.807) is 0 Å². The monoisotopic (exact) mass is 263 g/mol. The number of aliphatic hydroxyl groups excluding tert-OH is 1. The Morgan fingerprint density at radius 3 is 2.94 bits per heavy atom. The number of hydrogen-bond acceptors (Lipinski definition) is 3. The van der Waals surface area contributed by atoms with Gasteiger partial charge in [0.1, 0.15) is 0 Å². The fourth-order valence-electron chi connectivity index (χ4n) is 3.25. The van der Waals surface area contributed by atoms with Crippen molar-refractivity contribution in [3.63, 3.8) is 0 Å². The minimum absolute atomic E-state index is 0.363. The molecule has 3 rings (SSSR count). The molecular formula is C15H21NOS. The van der Waals surface area contributed by atoms with Gasteiger partial charge >= 0.3 is 0 Å². The lowest BCUT2D eigenvalue weighted by Gasteiger charge is -2.21. The zero-order valence-corrected chi connectivity index (χ0v) is 11.5. The van der Waals surface area contributed by atoms with Gasteiger partial charge < -0.3 is 10.4 Å². The van der Waals surface area contributed by atoms with E-state index >= 15 is 0 Å². The lowest BCUT2D eigenvalue weighted by molar-refractivity contribution is 0.191. The number of thioether (sulfide) groups is 1. The van der Waals surface area contributed by atoms with Gasteiger partial charge in [0.25, 0.3) is 0 Å². The molecule has 3 atom stereocenters. The normalized spacial score (nSPS) is 30.6. The van der Waals surface area contributed by atoms with E-state index in [1.807, 2.05) is 11.8 Å². The third-order valence-electron chi connectivity index (χ3n) is 4.38. The van der Waals surface area contributed by atoms with Gasteiger partial charge in [-0.3, -0.25) is 0 Å². The molecule has 1 aliphatic heterocycles. The SMILES string of the molecule is OCC1CCCC1CNC1CSc2ccccc21. The van der Waals surface area contributed by atoms with Gasteiger partial charge in [-0.25, -0.2) is 0 Å². The molecule has 1 aromatic rings. The van der Waals surface area contributed by atoms with Crippen molar-refractivity contribution in [2.75, 3.05) is 18.9 Å². The smallest absolute Gasteiger partial charge is 0.0462 e. The van der Waals surface area contributed by atoms with E-state index in [4.69, 9.17) is 0 Å². The molecule has 1 heterocycles. The van der Waals surface area contributed by atoms with Gasteiger partial charge in [-0.05, 0) is 42.9 Å². The number of rotatable bonds is 4. The van der Waals surface area contributed by atoms with Crippen LogP contribution in [0.2, 0.25) is 0 Å². The molecule has 1 saturated carbocycles. The van der Waals surface area contributed by atoms with E-state index in [0.29, 0.717) is 24.5 Å². The summed E-state index contributed by atoms with van der Waals surface area (Å²) in [6.07, 6.45) is 3.77. The Hall–Kier alpha value is -0.510. The van der Waals surface area contributed by atoms with Crippen LogP contribution in [0.5, 0.6) is 0 Å². The molecule has 3 unspecified atom stereocenters. The summed E-state index contributed by atoms with van der Waals surface area (Å²) in [7, 11) is 0. The van der Waals surface area contributed by atoms with Crippen LogP contribution >= 0.6 is 11.8 Å². The van der Waals surface area contributed by atoms with Gasteiger partial charge in [0.05, 0.1) is 0 Å². The Balaban J connectivity index is 1.58. The summed E-state index contributed by atoms with van der Waals surface area (Å²) in [5.41, 5.74) is 1.46. The predicted octanol–water partition coefficient (Wildman–Crippen LogP) is 2.83. The van der Waals surface area contributed by atoms with E-state index in [1.165, 1.54) is 29.7 Å². The van der Waals surface area contributed by atoms with Gasteiger partial charge in [-0.1, -0.05) is 24.6 Å². The summed E-state index contributed by atoms with van der Waals surface area (Å²) in [6.45, 7) is 1.42. The molecule has 0 spiro atoms. The summed E-state index contributed by atoms with van der Waals surface area (Å²) in [4.78, 5) is 1.43. The summed E-state index contributed by atoms with van der Waals surface area (Å²) in [5, 5.41) is 13.1. The third-order valence-corrected chi connectivity index (χ3v) is 5.56. The number of fused-ring (bicyclic) bond motifs is 1. The average Bonchev–Trinajstić information content (AvgIpc) is 3.02. The standard InChI is InChI=1S/C15H21NOS/c17-9-12-5-3-4-11(12)8-16-14-10-18-15-7-2-1-6-13(14)15/h1-2,6-7,11-12,14,16-17H,3-5,8-10H2. The second-order valence-electron chi connectivity index (χ2n) is 5.44. The van der Waals surface area contributed by atoms with Crippen molar-refractivity contribution in [1.29, 1.82) is 0 Å². The van der Waals surface area contributed by atoms with E-state index in [0.717, 1.165) is 12.3 Å². The quantitative estimate of drug-likeness (QED) is 0.876. The molecule has 0 aromatic heterocycles. The van der Waals surface area contributed by atoms with E-state index in [2.05, 4.69) is 29.6 Å².